The summed E-state index contributed by atoms with van der Waals surface area (Å²) in [6.07, 6.45) is -4.14. The second kappa shape index (κ2) is 18.9. The third-order valence-corrected chi connectivity index (χ3v) is 8.05. The monoisotopic (exact) mass is 641 g/mol. The fraction of sp³-hybridized carbons (Fsp3) is 0.963. The molecule has 0 radical (unpaired) electrons. The van der Waals surface area contributed by atoms with Gasteiger partial charge in [-0.15, -0.1) is 0 Å². The van der Waals surface area contributed by atoms with Gasteiger partial charge < -0.3 is 82.9 Å². The number of hydrogen-bond acceptors (Lipinski definition) is 16. The molecule has 0 aromatic heterocycles. The number of rotatable bonds is 10. The van der Waals surface area contributed by atoms with Gasteiger partial charge in [0, 0.05) is 70.4 Å². The van der Waals surface area contributed by atoms with Crippen LogP contribution in [0, 0.1) is 0 Å². The van der Waals surface area contributed by atoms with Crippen LogP contribution in [0.15, 0.2) is 0 Å². The molecule has 4 rings (SSSR count). The number of amides is 1. The van der Waals surface area contributed by atoms with Gasteiger partial charge in [0.1, 0.15) is 17.8 Å². The highest BCUT2D eigenvalue weighted by Gasteiger charge is 2.48. The maximum absolute atomic E-state index is 12.4. The number of carbonyl (C=O) groups excluding carboxylic acids is 1. The molecule has 0 aromatic rings. The molecule has 17 nitrogen and oxygen atoms in total. The van der Waals surface area contributed by atoms with Gasteiger partial charge in [-0.25, -0.2) is 0 Å². The van der Waals surface area contributed by atoms with Crippen molar-refractivity contribution in [3.05, 3.63) is 0 Å². The third kappa shape index (κ3) is 12.2. The number of nitrogens with two attached hydrogens (primary N) is 3. The van der Waals surface area contributed by atoms with E-state index >= 15 is 0 Å². The Morgan fingerprint density at radius 2 is 1.68 bits per heavy atom. The quantitative estimate of drug-likeness (QED) is 0.106. The summed E-state index contributed by atoms with van der Waals surface area (Å²) in [6, 6.07) is -1.14. The maximum atomic E-state index is 12.4. The standard InChI is InChI=1S/C21H41N5O7.C5H10O4.CH4O/c22-2-1-13(27)9-25-10-15-5-14(28)6-18(32-15)33-19-16(24)3-12(4-17(19)29)26-20(30)21(31)7-11(23)8-21;6-3-1-4(7)5(8)9-2-3;1-2/h11-19,25,27-29,31H,1-10,22-24H2,(H,26,30);3-8H,1-2H2;2H,1H3/t11?,12?,13?,14?,15?,16?,17?,18-,19-,21?;;/m1../s1. The van der Waals surface area contributed by atoms with Crippen molar-refractivity contribution in [2.45, 2.75) is 130 Å². The molecule has 1 amide bonds. The maximum Gasteiger partial charge on any atom is 0.252 e. The molecule has 2 saturated heterocycles. The molecule has 2 saturated carbocycles. The van der Waals surface area contributed by atoms with Crippen LogP contribution < -0.4 is 27.8 Å². The lowest BCUT2D eigenvalue weighted by atomic mass is 9.75. The van der Waals surface area contributed by atoms with Crippen molar-refractivity contribution in [3.8, 4) is 0 Å². The summed E-state index contributed by atoms with van der Waals surface area (Å²) in [7, 11) is 1.00. The molecule has 2 heterocycles. The second-order valence-electron chi connectivity index (χ2n) is 12.1. The molecule has 0 bridgehead atoms. The average Bonchev–Trinajstić information content (AvgIpc) is 2.93. The van der Waals surface area contributed by atoms with Gasteiger partial charge in [-0.3, -0.25) is 4.79 Å². The summed E-state index contributed by atoms with van der Waals surface area (Å²) in [5.41, 5.74) is 15.9. The zero-order chi connectivity index (χ0) is 33.0. The smallest absolute Gasteiger partial charge is 0.252 e. The highest BCUT2D eigenvalue weighted by atomic mass is 16.7. The van der Waals surface area contributed by atoms with Gasteiger partial charge in [0.2, 0.25) is 0 Å². The highest BCUT2D eigenvalue weighted by Crippen LogP contribution is 2.32. The Kier molecular flexibility index (Phi) is 16.8. The van der Waals surface area contributed by atoms with E-state index in [1.165, 1.54) is 0 Å². The van der Waals surface area contributed by atoms with Crippen molar-refractivity contribution < 1.29 is 59.9 Å². The van der Waals surface area contributed by atoms with Crippen LogP contribution in [0.2, 0.25) is 0 Å². The van der Waals surface area contributed by atoms with Crippen LogP contribution in [0.1, 0.15) is 51.4 Å². The molecular weight excluding hydrogens is 586 g/mol. The van der Waals surface area contributed by atoms with Gasteiger partial charge in [0.05, 0.1) is 37.1 Å². The molecule has 16 N–H and O–H groups in total. The van der Waals surface area contributed by atoms with E-state index in [9.17, 15) is 25.2 Å². The summed E-state index contributed by atoms with van der Waals surface area (Å²) in [6.45, 7) is 1.32. The first kappa shape index (κ1) is 39.1. The zero-order valence-corrected chi connectivity index (χ0v) is 25.4. The lowest BCUT2D eigenvalue weighted by molar-refractivity contribution is -0.251. The number of aliphatic hydroxyl groups excluding tert-OH is 7. The molecule has 4 fully saturated rings. The molecule has 2 aliphatic carbocycles. The molecular formula is C27H55N5O12. The third-order valence-electron chi connectivity index (χ3n) is 8.05. The Bertz CT molecular complexity index is 816. The van der Waals surface area contributed by atoms with Gasteiger partial charge in [-0.2, -0.15) is 0 Å². The van der Waals surface area contributed by atoms with Crippen LogP contribution in [0.4, 0.5) is 0 Å². The second-order valence-corrected chi connectivity index (χ2v) is 12.1. The largest absolute Gasteiger partial charge is 0.400 e. The minimum atomic E-state index is -1.45. The Balaban J connectivity index is 0.000000519. The Morgan fingerprint density at radius 1 is 1.00 bits per heavy atom. The van der Waals surface area contributed by atoms with E-state index < -0.39 is 72.8 Å². The SMILES string of the molecule is CO.NCCC(O)CNCC1CC(O)C[C@@H](O[C@@H]2C(N)CC(NC(=O)C3(O)CC(N)C3)CC2O)O1.OC1COC(O)C(O)C1. The summed E-state index contributed by atoms with van der Waals surface area (Å²) in [4.78, 5) is 12.4. The van der Waals surface area contributed by atoms with Crippen molar-refractivity contribution >= 4 is 5.91 Å². The predicted octanol–water partition coefficient (Wildman–Crippen LogP) is -5.59. The van der Waals surface area contributed by atoms with Gasteiger partial charge in [0.15, 0.2) is 12.6 Å². The van der Waals surface area contributed by atoms with Gasteiger partial charge in [-0.1, -0.05) is 0 Å². The van der Waals surface area contributed by atoms with Crippen LogP contribution in [0.25, 0.3) is 0 Å². The number of carbonyl (C=O) groups is 1. The van der Waals surface area contributed by atoms with Crippen molar-refractivity contribution in [1.29, 1.82) is 0 Å². The van der Waals surface area contributed by atoms with E-state index in [4.69, 9.17) is 47.1 Å². The Hall–Kier alpha value is -1.13. The molecule has 0 spiro atoms. The van der Waals surface area contributed by atoms with E-state index in [2.05, 4.69) is 15.4 Å². The molecule has 0 aromatic carbocycles. The molecule has 17 heteroatoms. The van der Waals surface area contributed by atoms with E-state index in [1.807, 2.05) is 0 Å². The van der Waals surface area contributed by atoms with Crippen molar-refractivity contribution in [2.75, 3.05) is 33.4 Å². The Morgan fingerprint density at radius 3 is 2.25 bits per heavy atom. The molecule has 260 valence electrons. The number of nitrogens with one attached hydrogen (secondary N) is 2. The predicted molar refractivity (Wildman–Crippen MR) is 155 cm³/mol. The molecule has 2 aliphatic heterocycles. The molecule has 4 aliphatic rings. The minimum absolute atomic E-state index is 0.109. The van der Waals surface area contributed by atoms with E-state index in [-0.39, 0.29) is 50.9 Å². The van der Waals surface area contributed by atoms with E-state index in [0.29, 0.717) is 38.9 Å². The first-order valence-corrected chi connectivity index (χ1v) is 15.2. The molecule has 44 heavy (non-hydrogen) atoms. The summed E-state index contributed by atoms with van der Waals surface area (Å²) >= 11 is 0. The van der Waals surface area contributed by atoms with Crippen LogP contribution in [0.5, 0.6) is 0 Å². The van der Waals surface area contributed by atoms with Crippen LogP contribution in [-0.4, -0.2) is 159 Å². The average molecular weight is 642 g/mol. The normalized spacial score (nSPS) is 41.1. The summed E-state index contributed by atoms with van der Waals surface area (Å²) in [5.74, 6) is -0.487. The lowest BCUT2D eigenvalue weighted by Crippen LogP contribution is -2.64. The lowest BCUT2D eigenvalue weighted by Gasteiger charge is -2.44. The zero-order valence-electron chi connectivity index (χ0n) is 25.4. The highest BCUT2D eigenvalue weighted by molar-refractivity contribution is 5.86. The topological polar surface area (TPSA) is 309 Å². The van der Waals surface area contributed by atoms with E-state index in [1.54, 1.807) is 0 Å². The van der Waals surface area contributed by atoms with Crippen molar-refractivity contribution in [1.82, 2.24) is 10.6 Å². The summed E-state index contributed by atoms with van der Waals surface area (Å²) < 4.78 is 16.5. The van der Waals surface area contributed by atoms with Gasteiger partial charge >= 0.3 is 0 Å². The van der Waals surface area contributed by atoms with Crippen LogP contribution in [-0.2, 0) is 19.0 Å². The molecule has 9 unspecified atom stereocenters. The molecule has 11 atom stereocenters. The number of aliphatic hydroxyl groups is 8. The van der Waals surface area contributed by atoms with Gasteiger partial charge in [-0.05, 0) is 25.8 Å². The minimum Gasteiger partial charge on any atom is -0.400 e. The number of hydrogen-bond donors (Lipinski definition) is 13. The fourth-order valence-electron chi connectivity index (χ4n) is 5.72. The van der Waals surface area contributed by atoms with Crippen LogP contribution >= 0.6 is 0 Å². The van der Waals surface area contributed by atoms with E-state index in [0.717, 1.165) is 7.11 Å². The first-order valence-electron chi connectivity index (χ1n) is 15.2. The number of ether oxygens (including phenoxy) is 3. The van der Waals surface area contributed by atoms with Gasteiger partial charge in [0.25, 0.3) is 5.91 Å². The fourth-order valence-corrected chi connectivity index (χ4v) is 5.72. The first-order chi connectivity index (χ1) is 20.8. The Labute approximate surface area is 257 Å². The van der Waals surface area contributed by atoms with Crippen LogP contribution in [0.3, 0.4) is 0 Å². The summed E-state index contributed by atoms with van der Waals surface area (Å²) in [5, 5.41) is 80.1. The van der Waals surface area contributed by atoms with Crippen molar-refractivity contribution in [2.24, 2.45) is 17.2 Å². The van der Waals surface area contributed by atoms with Crippen molar-refractivity contribution in [3.63, 3.8) is 0 Å².